The van der Waals surface area contributed by atoms with Crippen LogP contribution in [0.25, 0.3) is 22.5 Å². The maximum atomic E-state index is 10.9. The molecule has 7 nitrogen and oxygen atoms in total. The minimum atomic E-state index is 0.415. The topological polar surface area (TPSA) is 89.1 Å². The van der Waals surface area contributed by atoms with Gasteiger partial charge < -0.3 is 14.8 Å². The van der Waals surface area contributed by atoms with Gasteiger partial charge in [0.15, 0.2) is 17.3 Å². The van der Waals surface area contributed by atoms with Gasteiger partial charge in [-0.15, -0.1) is 0 Å². The first kappa shape index (κ1) is 15.5. The van der Waals surface area contributed by atoms with E-state index in [4.69, 9.17) is 9.47 Å². The first-order chi connectivity index (χ1) is 11.8. The Kier molecular flexibility index (Phi) is 4.42. The molecule has 0 aliphatic carbocycles. The lowest BCUT2D eigenvalue weighted by Crippen LogP contribution is -1.97. The second-order valence-corrected chi connectivity index (χ2v) is 4.87. The highest BCUT2D eigenvalue weighted by Gasteiger charge is 2.19. The number of methoxy groups -OCH3 is 2. The molecule has 0 bridgehead atoms. The number of amides is 1. The fraction of sp³-hybridized carbons (Fsp3) is 0.118. The summed E-state index contributed by atoms with van der Waals surface area (Å²) in [6, 6.07) is 11.1. The van der Waals surface area contributed by atoms with E-state index in [9.17, 15) is 4.79 Å². The van der Waals surface area contributed by atoms with Gasteiger partial charge in [-0.2, -0.15) is 5.10 Å². The number of carbonyl (C=O) groups excluding carboxylic acids is 1. The number of carbonyl (C=O) groups is 1. The maximum Gasteiger partial charge on any atom is 0.212 e. The van der Waals surface area contributed by atoms with Crippen LogP contribution in [0.4, 0.5) is 5.82 Å². The quantitative estimate of drug-likeness (QED) is 0.681. The van der Waals surface area contributed by atoms with Gasteiger partial charge in [0.1, 0.15) is 0 Å². The number of benzene rings is 1. The maximum absolute atomic E-state index is 10.9. The fourth-order valence-electron chi connectivity index (χ4n) is 2.47. The zero-order valence-corrected chi connectivity index (χ0v) is 13.2. The minimum absolute atomic E-state index is 0.415. The van der Waals surface area contributed by atoms with E-state index in [2.05, 4.69) is 20.5 Å². The number of H-pyrrole nitrogens is 1. The molecule has 2 aromatic heterocycles. The van der Waals surface area contributed by atoms with Crippen molar-refractivity contribution >= 4 is 12.2 Å². The van der Waals surface area contributed by atoms with Crippen molar-refractivity contribution < 1.29 is 14.3 Å². The highest BCUT2D eigenvalue weighted by molar-refractivity contribution is 5.91. The Hall–Kier alpha value is -3.35. The monoisotopic (exact) mass is 324 g/mol. The number of ether oxygens (including phenoxy) is 2. The molecule has 2 heterocycles. The van der Waals surface area contributed by atoms with Crippen LogP contribution >= 0.6 is 0 Å². The molecule has 2 N–H and O–H groups in total. The van der Waals surface area contributed by atoms with Crippen molar-refractivity contribution in [3.63, 3.8) is 0 Å². The Balaban J connectivity index is 2.18. The van der Waals surface area contributed by atoms with Crippen molar-refractivity contribution in [1.29, 1.82) is 0 Å². The van der Waals surface area contributed by atoms with Crippen LogP contribution in [0, 0.1) is 0 Å². The van der Waals surface area contributed by atoms with Gasteiger partial charge in [0.25, 0.3) is 0 Å². The zero-order valence-electron chi connectivity index (χ0n) is 13.2. The summed E-state index contributed by atoms with van der Waals surface area (Å²) in [6.07, 6.45) is 2.28. The summed E-state index contributed by atoms with van der Waals surface area (Å²) < 4.78 is 10.6. The predicted octanol–water partition coefficient (Wildman–Crippen LogP) is 2.72. The molecule has 0 fully saturated rings. The largest absolute Gasteiger partial charge is 0.493 e. The van der Waals surface area contributed by atoms with Crippen molar-refractivity contribution in [3.05, 3.63) is 42.6 Å². The second kappa shape index (κ2) is 6.82. The minimum Gasteiger partial charge on any atom is -0.493 e. The third-order valence-corrected chi connectivity index (χ3v) is 3.56. The number of hydrogen-bond acceptors (Lipinski definition) is 5. The molecule has 0 radical (unpaired) electrons. The summed E-state index contributed by atoms with van der Waals surface area (Å²) in [4.78, 5) is 15.2. The van der Waals surface area contributed by atoms with Crippen LogP contribution in [0.2, 0.25) is 0 Å². The normalized spacial score (nSPS) is 10.2. The van der Waals surface area contributed by atoms with Gasteiger partial charge in [-0.05, 0) is 29.8 Å². The first-order valence-electron chi connectivity index (χ1n) is 7.20. The van der Waals surface area contributed by atoms with E-state index in [1.54, 1.807) is 26.5 Å². The summed E-state index contributed by atoms with van der Waals surface area (Å²) in [5.74, 6) is 1.62. The average Bonchev–Trinajstić information content (AvgIpc) is 3.06. The number of nitrogens with one attached hydrogen (secondary N) is 2. The van der Waals surface area contributed by atoms with Crippen molar-refractivity contribution in [2.45, 2.75) is 0 Å². The molecular formula is C17H16N4O3. The second-order valence-electron chi connectivity index (χ2n) is 4.87. The number of nitrogens with zero attached hydrogens (tertiary/aromatic N) is 2. The van der Waals surface area contributed by atoms with E-state index in [1.165, 1.54) is 0 Å². The first-order valence-corrected chi connectivity index (χ1v) is 7.20. The van der Waals surface area contributed by atoms with Gasteiger partial charge in [-0.25, -0.2) is 0 Å². The number of rotatable bonds is 6. The van der Waals surface area contributed by atoms with E-state index < -0.39 is 0 Å². The van der Waals surface area contributed by atoms with E-state index in [1.807, 2.05) is 30.3 Å². The number of hydrogen-bond donors (Lipinski definition) is 2. The number of pyridine rings is 1. The van der Waals surface area contributed by atoms with Crippen molar-refractivity contribution in [2.24, 2.45) is 0 Å². The molecule has 0 spiro atoms. The van der Waals surface area contributed by atoms with Crippen molar-refractivity contribution in [1.82, 2.24) is 15.2 Å². The molecule has 3 rings (SSSR count). The van der Waals surface area contributed by atoms with Crippen LogP contribution in [-0.2, 0) is 4.79 Å². The van der Waals surface area contributed by atoms with Crippen LogP contribution in [0.3, 0.4) is 0 Å². The summed E-state index contributed by atoms with van der Waals surface area (Å²) in [6.45, 7) is 0. The molecule has 0 saturated carbocycles. The Morgan fingerprint density at radius 1 is 1.12 bits per heavy atom. The lowest BCUT2D eigenvalue weighted by molar-refractivity contribution is -0.105. The third kappa shape index (κ3) is 2.79. The Morgan fingerprint density at radius 3 is 2.62 bits per heavy atom. The fourth-order valence-corrected chi connectivity index (χ4v) is 2.47. The lowest BCUT2D eigenvalue weighted by atomic mass is 10.0. The molecule has 24 heavy (non-hydrogen) atoms. The molecule has 1 amide bonds. The molecule has 3 aromatic rings. The number of anilines is 1. The van der Waals surface area contributed by atoms with Gasteiger partial charge in [0.2, 0.25) is 6.41 Å². The van der Waals surface area contributed by atoms with E-state index >= 15 is 0 Å². The zero-order chi connectivity index (χ0) is 16.9. The molecule has 0 aliphatic rings. The molecule has 0 unspecified atom stereocenters. The Morgan fingerprint density at radius 2 is 1.96 bits per heavy atom. The highest BCUT2D eigenvalue weighted by Crippen LogP contribution is 2.39. The molecule has 122 valence electrons. The van der Waals surface area contributed by atoms with Crippen LogP contribution in [-0.4, -0.2) is 35.8 Å². The van der Waals surface area contributed by atoms with E-state index in [-0.39, 0.29) is 0 Å². The Bertz CT molecular complexity index is 846. The van der Waals surface area contributed by atoms with Crippen molar-refractivity contribution in [3.8, 4) is 34.0 Å². The molecule has 0 aliphatic heterocycles. The lowest BCUT2D eigenvalue weighted by Gasteiger charge is -2.11. The smallest absolute Gasteiger partial charge is 0.212 e. The van der Waals surface area contributed by atoms with E-state index in [0.717, 1.165) is 11.1 Å². The van der Waals surface area contributed by atoms with Crippen LogP contribution in [0.5, 0.6) is 11.5 Å². The molecule has 1 aromatic carbocycles. The molecule has 7 heteroatoms. The standard InChI is InChI=1S/C17H16N4O3/c1-23-13-7-6-11(9-14(13)24-2)15-16(12-5-3-4-8-18-12)20-21-17(15)19-10-22/h3-10H,1-2H3,(H2,19,20,21,22). The summed E-state index contributed by atoms with van der Waals surface area (Å²) in [5.41, 5.74) is 2.95. The summed E-state index contributed by atoms with van der Waals surface area (Å²) >= 11 is 0. The SMILES string of the molecule is COc1ccc(-c2c(NC=O)n[nH]c2-c2ccccn2)cc1OC. The van der Waals surface area contributed by atoms with Gasteiger partial charge in [0.05, 0.1) is 31.2 Å². The third-order valence-electron chi connectivity index (χ3n) is 3.56. The van der Waals surface area contributed by atoms with E-state index in [0.29, 0.717) is 35.1 Å². The van der Waals surface area contributed by atoms with Gasteiger partial charge in [-0.3, -0.25) is 14.9 Å². The predicted molar refractivity (Wildman–Crippen MR) is 90.0 cm³/mol. The average molecular weight is 324 g/mol. The van der Waals surface area contributed by atoms with Crippen LogP contribution in [0.15, 0.2) is 42.6 Å². The van der Waals surface area contributed by atoms with Gasteiger partial charge in [-0.1, -0.05) is 12.1 Å². The number of aromatic amines is 1. The van der Waals surface area contributed by atoms with Gasteiger partial charge in [0, 0.05) is 6.20 Å². The van der Waals surface area contributed by atoms with Crippen LogP contribution in [0.1, 0.15) is 0 Å². The molecule has 0 atom stereocenters. The van der Waals surface area contributed by atoms with Crippen LogP contribution < -0.4 is 14.8 Å². The molecule has 0 saturated heterocycles. The van der Waals surface area contributed by atoms with Crippen molar-refractivity contribution in [2.75, 3.05) is 19.5 Å². The molecular weight excluding hydrogens is 308 g/mol. The number of aromatic nitrogens is 3. The summed E-state index contributed by atoms with van der Waals surface area (Å²) in [7, 11) is 3.15. The summed E-state index contributed by atoms with van der Waals surface area (Å²) in [5, 5.41) is 9.72. The Labute approximate surface area is 138 Å². The van der Waals surface area contributed by atoms with Gasteiger partial charge >= 0.3 is 0 Å². The highest BCUT2D eigenvalue weighted by atomic mass is 16.5.